The van der Waals surface area contributed by atoms with E-state index in [-0.39, 0.29) is 0 Å². The van der Waals surface area contributed by atoms with Crippen LogP contribution in [0.15, 0.2) is 97.6 Å². The summed E-state index contributed by atoms with van der Waals surface area (Å²) < 4.78 is 0. The van der Waals surface area contributed by atoms with Gasteiger partial charge in [0.25, 0.3) is 0 Å². The van der Waals surface area contributed by atoms with Crippen LogP contribution in [0.3, 0.4) is 0 Å². The first-order valence-corrected chi connectivity index (χ1v) is 8.99. The Morgan fingerprint density at radius 1 is 0.808 bits per heavy atom. The van der Waals surface area contributed by atoms with Gasteiger partial charge in [-0.1, -0.05) is 97.9 Å². The largest absolute Gasteiger partial charge is 0.384 e. The highest BCUT2D eigenvalue weighted by molar-refractivity contribution is 5.98. The Hall–Kier alpha value is -2.90. The summed E-state index contributed by atoms with van der Waals surface area (Å²) in [5.74, 6) is 0. The van der Waals surface area contributed by atoms with E-state index in [1.165, 1.54) is 22.3 Å². The fourth-order valence-electron chi connectivity index (χ4n) is 3.27. The van der Waals surface area contributed by atoms with Crippen molar-refractivity contribution in [2.45, 2.75) is 19.4 Å². The van der Waals surface area contributed by atoms with Crippen LogP contribution in [0.2, 0.25) is 0 Å². The molecule has 0 aromatic heterocycles. The van der Waals surface area contributed by atoms with E-state index in [4.69, 9.17) is 0 Å². The Kier molecular flexibility index (Phi) is 5.83. The Balaban J connectivity index is 2.19. The first-order valence-electron chi connectivity index (χ1n) is 8.99. The number of benzene rings is 3. The molecule has 1 atom stereocenters. The third kappa shape index (κ3) is 3.84. The number of aliphatic hydroxyl groups is 1. The van der Waals surface area contributed by atoms with Crippen molar-refractivity contribution >= 4 is 11.1 Å². The van der Waals surface area contributed by atoms with Crippen molar-refractivity contribution in [1.82, 2.24) is 0 Å². The van der Waals surface area contributed by atoms with E-state index in [0.717, 1.165) is 17.5 Å². The molecule has 26 heavy (non-hydrogen) atoms. The normalized spacial score (nSPS) is 13.0. The van der Waals surface area contributed by atoms with Crippen molar-refractivity contribution < 1.29 is 5.11 Å². The molecule has 3 rings (SSSR count). The predicted molar refractivity (Wildman–Crippen MR) is 111 cm³/mol. The van der Waals surface area contributed by atoms with Crippen molar-refractivity contribution in [3.05, 3.63) is 120 Å². The number of allylic oxidation sites excluding steroid dienone is 1. The van der Waals surface area contributed by atoms with Crippen LogP contribution in [-0.2, 0) is 0 Å². The molecule has 0 radical (unpaired) electrons. The smallest absolute Gasteiger partial charge is 0.0969 e. The van der Waals surface area contributed by atoms with Crippen LogP contribution >= 0.6 is 0 Å². The molecule has 1 unspecified atom stereocenters. The van der Waals surface area contributed by atoms with Crippen molar-refractivity contribution in [2.75, 3.05) is 0 Å². The summed E-state index contributed by atoms with van der Waals surface area (Å²) in [7, 11) is 0. The summed E-state index contributed by atoms with van der Waals surface area (Å²) in [6.07, 6.45) is 1.85. The van der Waals surface area contributed by atoms with Crippen LogP contribution in [0, 0.1) is 0 Å². The molecule has 1 nitrogen and oxygen atoms in total. The minimum atomic E-state index is -0.632. The van der Waals surface area contributed by atoms with Crippen LogP contribution in [0.25, 0.3) is 11.1 Å². The topological polar surface area (TPSA) is 20.2 Å². The average Bonchev–Trinajstić information content (AvgIpc) is 2.73. The van der Waals surface area contributed by atoms with Gasteiger partial charge in [-0.2, -0.15) is 0 Å². The maximum absolute atomic E-state index is 9.98. The second kappa shape index (κ2) is 8.46. The van der Waals surface area contributed by atoms with Crippen molar-refractivity contribution in [1.29, 1.82) is 0 Å². The standard InChI is InChI=1S/C25H24O/c1-3-23(19-11-7-5-8-12-19)25(21-13-9-6-10-14-21)22-17-15-20(16-18-22)24(26)4-2/h4-18,24,26H,2-3H2,1H3/b25-23-. The molecule has 0 saturated heterocycles. The lowest BCUT2D eigenvalue weighted by Gasteiger charge is -2.17. The molecular formula is C25H24O. The summed E-state index contributed by atoms with van der Waals surface area (Å²) >= 11 is 0. The molecule has 0 fully saturated rings. The molecule has 0 aliphatic rings. The number of hydrogen-bond donors (Lipinski definition) is 1. The van der Waals surface area contributed by atoms with Gasteiger partial charge in [0.1, 0.15) is 0 Å². The van der Waals surface area contributed by atoms with Crippen LogP contribution in [0.4, 0.5) is 0 Å². The van der Waals surface area contributed by atoms with Gasteiger partial charge in [0.15, 0.2) is 0 Å². The number of rotatable bonds is 6. The lowest BCUT2D eigenvalue weighted by Crippen LogP contribution is -1.97. The van der Waals surface area contributed by atoms with Gasteiger partial charge in [0.05, 0.1) is 6.10 Å². The van der Waals surface area contributed by atoms with Gasteiger partial charge in [-0.15, -0.1) is 6.58 Å². The number of hydrogen-bond acceptors (Lipinski definition) is 1. The monoisotopic (exact) mass is 340 g/mol. The van der Waals surface area contributed by atoms with E-state index >= 15 is 0 Å². The third-order valence-electron chi connectivity index (χ3n) is 4.60. The van der Waals surface area contributed by atoms with Crippen molar-refractivity contribution in [2.24, 2.45) is 0 Å². The molecule has 3 aromatic carbocycles. The molecule has 0 bridgehead atoms. The van der Waals surface area contributed by atoms with E-state index in [1.807, 2.05) is 24.3 Å². The van der Waals surface area contributed by atoms with Gasteiger partial charge in [0.2, 0.25) is 0 Å². The van der Waals surface area contributed by atoms with Crippen molar-refractivity contribution in [3.8, 4) is 0 Å². The second-order valence-electron chi connectivity index (χ2n) is 6.24. The fourth-order valence-corrected chi connectivity index (χ4v) is 3.27. The molecule has 0 spiro atoms. The molecular weight excluding hydrogens is 316 g/mol. The predicted octanol–water partition coefficient (Wildman–Crippen LogP) is 6.28. The zero-order valence-electron chi connectivity index (χ0n) is 15.1. The lowest BCUT2D eigenvalue weighted by molar-refractivity contribution is 0.229. The minimum absolute atomic E-state index is 0.632. The molecule has 0 amide bonds. The summed E-state index contributed by atoms with van der Waals surface area (Å²) in [5.41, 5.74) is 6.99. The zero-order chi connectivity index (χ0) is 18.4. The Morgan fingerprint density at radius 2 is 1.31 bits per heavy atom. The van der Waals surface area contributed by atoms with Crippen LogP contribution in [-0.4, -0.2) is 5.11 Å². The Morgan fingerprint density at radius 3 is 1.81 bits per heavy atom. The van der Waals surface area contributed by atoms with Gasteiger partial charge in [0, 0.05) is 0 Å². The highest BCUT2D eigenvalue weighted by Gasteiger charge is 2.13. The summed E-state index contributed by atoms with van der Waals surface area (Å²) in [4.78, 5) is 0. The average molecular weight is 340 g/mol. The first kappa shape index (κ1) is 17.9. The maximum Gasteiger partial charge on any atom is 0.0969 e. The van der Waals surface area contributed by atoms with E-state index in [2.05, 4.69) is 74.2 Å². The van der Waals surface area contributed by atoms with Crippen LogP contribution < -0.4 is 0 Å². The van der Waals surface area contributed by atoms with Crippen molar-refractivity contribution in [3.63, 3.8) is 0 Å². The van der Waals surface area contributed by atoms with E-state index in [0.29, 0.717) is 0 Å². The Labute approximate surface area is 156 Å². The molecule has 0 saturated carbocycles. The molecule has 0 heterocycles. The molecule has 3 aromatic rings. The SMILES string of the molecule is C=CC(O)c1ccc(/C(=C(/CC)c2ccccc2)c2ccccc2)cc1. The highest BCUT2D eigenvalue weighted by Crippen LogP contribution is 2.34. The molecule has 1 heteroatoms. The maximum atomic E-state index is 9.98. The van der Waals surface area contributed by atoms with E-state index < -0.39 is 6.10 Å². The fraction of sp³-hybridized carbons (Fsp3) is 0.120. The quantitative estimate of drug-likeness (QED) is 0.414. The number of aliphatic hydroxyl groups excluding tert-OH is 1. The minimum Gasteiger partial charge on any atom is -0.384 e. The Bertz CT molecular complexity index is 874. The van der Waals surface area contributed by atoms with Gasteiger partial charge in [-0.25, -0.2) is 0 Å². The van der Waals surface area contributed by atoms with Gasteiger partial charge in [-0.3, -0.25) is 0 Å². The molecule has 0 aliphatic carbocycles. The van der Waals surface area contributed by atoms with Gasteiger partial charge in [-0.05, 0) is 39.8 Å². The second-order valence-corrected chi connectivity index (χ2v) is 6.24. The third-order valence-corrected chi connectivity index (χ3v) is 4.60. The zero-order valence-corrected chi connectivity index (χ0v) is 15.1. The summed E-state index contributed by atoms with van der Waals surface area (Å²) in [5, 5.41) is 9.98. The highest BCUT2D eigenvalue weighted by atomic mass is 16.3. The molecule has 1 N–H and O–H groups in total. The van der Waals surface area contributed by atoms with Crippen LogP contribution in [0.5, 0.6) is 0 Å². The van der Waals surface area contributed by atoms with E-state index in [1.54, 1.807) is 6.08 Å². The first-order chi connectivity index (χ1) is 12.7. The lowest BCUT2D eigenvalue weighted by atomic mass is 9.88. The van der Waals surface area contributed by atoms with Gasteiger partial charge >= 0.3 is 0 Å². The molecule has 130 valence electrons. The molecule has 0 aliphatic heterocycles. The summed E-state index contributed by atoms with van der Waals surface area (Å²) in [6, 6.07) is 29.2. The summed E-state index contributed by atoms with van der Waals surface area (Å²) in [6.45, 7) is 5.86. The van der Waals surface area contributed by atoms with Gasteiger partial charge < -0.3 is 5.11 Å². The van der Waals surface area contributed by atoms with E-state index in [9.17, 15) is 5.11 Å². The van der Waals surface area contributed by atoms with Crippen LogP contribution in [0.1, 0.15) is 41.7 Å².